The number of rotatable bonds is 3. The molecule has 3 rings (SSSR count). The molecule has 20 heavy (non-hydrogen) atoms. The van der Waals surface area contributed by atoms with E-state index in [0.717, 1.165) is 18.8 Å². The number of benzene rings is 1. The Kier molecular flexibility index (Phi) is 3.67. The van der Waals surface area contributed by atoms with Gasteiger partial charge < -0.3 is 15.2 Å². The standard InChI is InChI=1S/C15H18N4O/c20-15(14-10-16-11-17-14)18-12-4-6-13(7-5-12)19-8-2-1-3-9-19/h4-7,10-11H,1-3,8-9H2,(H,16,17)(H,18,20). The first-order valence-electron chi connectivity index (χ1n) is 6.98. The van der Waals surface area contributed by atoms with Crippen molar-refractivity contribution in [1.82, 2.24) is 9.97 Å². The Hall–Kier alpha value is -2.30. The van der Waals surface area contributed by atoms with E-state index >= 15 is 0 Å². The van der Waals surface area contributed by atoms with Gasteiger partial charge >= 0.3 is 0 Å². The lowest BCUT2D eigenvalue weighted by Crippen LogP contribution is -2.29. The number of H-pyrrole nitrogens is 1. The van der Waals surface area contributed by atoms with Gasteiger partial charge in [-0.25, -0.2) is 4.98 Å². The van der Waals surface area contributed by atoms with Crippen molar-refractivity contribution < 1.29 is 4.79 Å². The molecule has 5 nitrogen and oxygen atoms in total. The number of hydrogen-bond acceptors (Lipinski definition) is 3. The van der Waals surface area contributed by atoms with Gasteiger partial charge in [0.15, 0.2) is 0 Å². The van der Waals surface area contributed by atoms with Crippen LogP contribution in [0.4, 0.5) is 11.4 Å². The Morgan fingerprint density at radius 1 is 1.15 bits per heavy atom. The van der Waals surface area contributed by atoms with Crippen molar-refractivity contribution in [1.29, 1.82) is 0 Å². The van der Waals surface area contributed by atoms with Crippen LogP contribution in [0.5, 0.6) is 0 Å². The van der Waals surface area contributed by atoms with Crippen molar-refractivity contribution >= 4 is 17.3 Å². The van der Waals surface area contributed by atoms with Crippen LogP contribution >= 0.6 is 0 Å². The van der Waals surface area contributed by atoms with E-state index in [0.29, 0.717) is 5.69 Å². The number of amides is 1. The highest BCUT2D eigenvalue weighted by atomic mass is 16.1. The highest BCUT2D eigenvalue weighted by molar-refractivity contribution is 6.02. The summed E-state index contributed by atoms with van der Waals surface area (Å²) in [4.78, 5) is 20.9. The van der Waals surface area contributed by atoms with Gasteiger partial charge in [0.25, 0.3) is 5.91 Å². The molecule has 5 heteroatoms. The number of nitrogens with one attached hydrogen (secondary N) is 2. The zero-order chi connectivity index (χ0) is 13.8. The third kappa shape index (κ3) is 2.82. The summed E-state index contributed by atoms with van der Waals surface area (Å²) in [6.07, 6.45) is 6.86. The molecule has 1 aromatic heterocycles. The monoisotopic (exact) mass is 270 g/mol. The van der Waals surface area contributed by atoms with Crippen LogP contribution in [0, 0.1) is 0 Å². The van der Waals surface area contributed by atoms with Gasteiger partial charge in [0.05, 0.1) is 12.5 Å². The van der Waals surface area contributed by atoms with E-state index < -0.39 is 0 Å². The lowest BCUT2D eigenvalue weighted by molar-refractivity contribution is 0.102. The molecule has 1 amide bonds. The largest absolute Gasteiger partial charge is 0.372 e. The molecule has 2 aromatic rings. The van der Waals surface area contributed by atoms with E-state index in [-0.39, 0.29) is 5.91 Å². The second kappa shape index (κ2) is 5.77. The van der Waals surface area contributed by atoms with Crippen molar-refractivity contribution in [2.75, 3.05) is 23.3 Å². The maximum atomic E-state index is 11.9. The minimum atomic E-state index is -0.173. The highest BCUT2D eigenvalue weighted by Gasteiger charge is 2.11. The Balaban J connectivity index is 1.65. The Morgan fingerprint density at radius 2 is 1.90 bits per heavy atom. The average molecular weight is 270 g/mol. The van der Waals surface area contributed by atoms with E-state index in [4.69, 9.17) is 0 Å². The average Bonchev–Trinajstić information content (AvgIpc) is 3.03. The van der Waals surface area contributed by atoms with Crippen LogP contribution in [0.3, 0.4) is 0 Å². The molecular weight excluding hydrogens is 252 g/mol. The molecule has 1 saturated heterocycles. The summed E-state index contributed by atoms with van der Waals surface area (Å²) in [6.45, 7) is 2.25. The van der Waals surface area contributed by atoms with E-state index in [2.05, 4.69) is 32.3 Å². The number of imidazole rings is 1. The molecule has 0 atom stereocenters. The molecule has 1 aliphatic rings. The molecular formula is C15H18N4O. The van der Waals surface area contributed by atoms with Crippen LogP contribution in [0.2, 0.25) is 0 Å². The van der Waals surface area contributed by atoms with E-state index in [1.54, 1.807) is 0 Å². The molecule has 0 saturated carbocycles. The summed E-state index contributed by atoms with van der Waals surface area (Å²) in [5.74, 6) is -0.173. The maximum absolute atomic E-state index is 11.9. The molecule has 104 valence electrons. The van der Waals surface area contributed by atoms with Crippen LogP contribution in [0.25, 0.3) is 0 Å². The van der Waals surface area contributed by atoms with Crippen molar-refractivity contribution in [2.24, 2.45) is 0 Å². The maximum Gasteiger partial charge on any atom is 0.273 e. The van der Waals surface area contributed by atoms with E-state index in [9.17, 15) is 4.79 Å². The fourth-order valence-electron chi connectivity index (χ4n) is 2.49. The Bertz CT molecular complexity index is 556. The lowest BCUT2D eigenvalue weighted by Gasteiger charge is -2.28. The fraction of sp³-hybridized carbons (Fsp3) is 0.333. The number of aromatic nitrogens is 2. The van der Waals surface area contributed by atoms with E-state index in [1.807, 2.05) is 12.1 Å². The zero-order valence-electron chi connectivity index (χ0n) is 11.3. The van der Waals surface area contributed by atoms with Gasteiger partial charge in [0.1, 0.15) is 5.69 Å². The molecule has 2 heterocycles. The van der Waals surface area contributed by atoms with Gasteiger partial charge in [-0.15, -0.1) is 0 Å². The number of carbonyl (C=O) groups excluding carboxylic acids is 1. The first-order chi connectivity index (χ1) is 9.83. The molecule has 0 unspecified atom stereocenters. The summed E-state index contributed by atoms with van der Waals surface area (Å²) in [5.41, 5.74) is 2.49. The van der Waals surface area contributed by atoms with Crippen LogP contribution in [-0.4, -0.2) is 29.0 Å². The van der Waals surface area contributed by atoms with Crippen LogP contribution in [0.15, 0.2) is 36.8 Å². The van der Waals surface area contributed by atoms with Gasteiger partial charge in [0, 0.05) is 24.5 Å². The normalized spacial score (nSPS) is 15.1. The summed E-state index contributed by atoms with van der Waals surface area (Å²) in [5, 5.41) is 2.85. The second-order valence-electron chi connectivity index (χ2n) is 5.01. The molecule has 2 N–H and O–H groups in total. The first-order valence-corrected chi connectivity index (χ1v) is 6.98. The fourth-order valence-corrected chi connectivity index (χ4v) is 2.49. The number of carbonyl (C=O) groups is 1. The van der Waals surface area contributed by atoms with Gasteiger partial charge in [-0.05, 0) is 43.5 Å². The molecule has 0 bridgehead atoms. The van der Waals surface area contributed by atoms with Gasteiger partial charge in [-0.2, -0.15) is 0 Å². The number of aromatic amines is 1. The van der Waals surface area contributed by atoms with E-state index in [1.165, 1.54) is 37.5 Å². The van der Waals surface area contributed by atoms with Gasteiger partial charge in [-0.3, -0.25) is 4.79 Å². The number of hydrogen-bond donors (Lipinski definition) is 2. The minimum absolute atomic E-state index is 0.173. The van der Waals surface area contributed by atoms with Crippen LogP contribution < -0.4 is 10.2 Å². The molecule has 0 radical (unpaired) electrons. The van der Waals surface area contributed by atoms with Gasteiger partial charge in [0.2, 0.25) is 0 Å². The first kappa shape index (κ1) is 12.7. The minimum Gasteiger partial charge on any atom is -0.372 e. The molecule has 1 fully saturated rings. The lowest BCUT2D eigenvalue weighted by atomic mass is 10.1. The summed E-state index contributed by atoms with van der Waals surface area (Å²) >= 11 is 0. The van der Waals surface area contributed by atoms with Crippen LogP contribution in [-0.2, 0) is 0 Å². The number of nitrogens with zero attached hydrogens (tertiary/aromatic N) is 2. The molecule has 1 aliphatic heterocycles. The molecule has 0 aliphatic carbocycles. The third-order valence-electron chi connectivity index (χ3n) is 3.59. The van der Waals surface area contributed by atoms with Crippen LogP contribution in [0.1, 0.15) is 29.8 Å². The topological polar surface area (TPSA) is 61.0 Å². The molecule has 0 spiro atoms. The predicted octanol–water partition coefficient (Wildman–Crippen LogP) is 2.65. The van der Waals surface area contributed by atoms with Crippen molar-refractivity contribution in [3.05, 3.63) is 42.5 Å². The smallest absolute Gasteiger partial charge is 0.273 e. The summed E-state index contributed by atoms with van der Waals surface area (Å²) in [6, 6.07) is 8.01. The van der Waals surface area contributed by atoms with Crippen molar-refractivity contribution in [3.63, 3.8) is 0 Å². The Morgan fingerprint density at radius 3 is 2.55 bits per heavy atom. The summed E-state index contributed by atoms with van der Waals surface area (Å²) < 4.78 is 0. The SMILES string of the molecule is O=C(Nc1ccc(N2CCCCC2)cc1)c1cnc[nH]1. The summed E-state index contributed by atoms with van der Waals surface area (Å²) in [7, 11) is 0. The third-order valence-corrected chi connectivity index (χ3v) is 3.59. The number of anilines is 2. The Labute approximate surface area is 118 Å². The quantitative estimate of drug-likeness (QED) is 0.901. The predicted molar refractivity (Wildman–Crippen MR) is 79.0 cm³/mol. The zero-order valence-corrected chi connectivity index (χ0v) is 11.3. The second-order valence-corrected chi connectivity index (χ2v) is 5.01. The highest BCUT2D eigenvalue weighted by Crippen LogP contribution is 2.21. The van der Waals surface area contributed by atoms with Crippen molar-refractivity contribution in [2.45, 2.75) is 19.3 Å². The van der Waals surface area contributed by atoms with Gasteiger partial charge in [-0.1, -0.05) is 0 Å². The molecule has 1 aromatic carbocycles. The number of piperidine rings is 1. The van der Waals surface area contributed by atoms with Crippen molar-refractivity contribution in [3.8, 4) is 0 Å².